The zero-order valence-electron chi connectivity index (χ0n) is 17.3. The van der Waals surface area contributed by atoms with Crippen molar-refractivity contribution in [3.8, 4) is 0 Å². The molecule has 1 aliphatic heterocycles. The first-order valence-electron chi connectivity index (χ1n) is 9.55. The Hall–Kier alpha value is -4.09. The molecule has 1 aliphatic rings. The van der Waals surface area contributed by atoms with E-state index >= 15 is 0 Å². The van der Waals surface area contributed by atoms with Crippen molar-refractivity contribution >= 4 is 56.2 Å². The summed E-state index contributed by atoms with van der Waals surface area (Å²) in [6.07, 6.45) is 0.867. The number of sulfone groups is 1. The van der Waals surface area contributed by atoms with E-state index in [0.717, 1.165) is 29.4 Å². The highest BCUT2D eigenvalue weighted by Crippen LogP contribution is 2.35. The van der Waals surface area contributed by atoms with Crippen LogP contribution < -0.4 is 10.2 Å². The van der Waals surface area contributed by atoms with Gasteiger partial charge in [0.2, 0.25) is 0 Å². The number of benzene rings is 3. The number of halogens is 1. The van der Waals surface area contributed by atoms with Crippen LogP contribution in [0, 0.1) is 10.1 Å². The Balaban J connectivity index is 1.63. The Morgan fingerprint density at radius 2 is 1.62 bits per heavy atom. The third-order valence-corrected chi connectivity index (χ3v) is 6.43. The molecule has 172 valence electrons. The lowest BCUT2D eigenvalue weighted by Gasteiger charge is -2.16. The lowest BCUT2D eigenvalue weighted by atomic mass is 10.1. The number of carbonyl (C=O) groups is 3. The molecule has 12 heteroatoms. The molecule has 0 unspecified atom stereocenters. The van der Waals surface area contributed by atoms with Gasteiger partial charge in [-0.25, -0.2) is 13.3 Å². The SMILES string of the molecule is CS(=O)(=O)c1cc(C(=O)Nc2ccc(N3C(=O)c4ccccc4C3=O)c(Cl)c2)cc([N+](=O)[O-])c1. The molecule has 0 radical (unpaired) electrons. The van der Waals surface area contributed by atoms with Crippen molar-refractivity contribution in [2.75, 3.05) is 16.5 Å². The van der Waals surface area contributed by atoms with Crippen molar-refractivity contribution in [3.05, 3.63) is 92.5 Å². The number of fused-ring (bicyclic) bond motifs is 1. The average Bonchev–Trinajstić information content (AvgIpc) is 3.03. The average molecular weight is 500 g/mol. The van der Waals surface area contributed by atoms with Gasteiger partial charge in [-0.05, 0) is 36.4 Å². The van der Waals surface area contributed by atoms with Gasteiger partial charge in [0.15, 0.2) is 9.84 Å². The van der Waals surface area contributed by atoms with Crippen LogP contribution in [-0.2, 0) is 9.84 Å². The summed E-state index contributed by atoms with van der Waals surface area (Å²) in [5.41, 5.74) is -0.0628. The number of imide groups is 1. The molecule has 0 aromatic heterocycles. The molecule has 1 N–H and O–H groups in total. The summed E-state index contributed by atoms with van der Waals surface area (Å²) in [7, 11) is -3.82. The predicted octanol–water partition coefficient (Wildman–Crippen LogP) is 3.70. The first-order valence-corrected chi connectivity index (χ1v) is 11.8. The molecule has 3 aromatic rings. The van der Waals surface area contributed by atoms with Crippen molar-refractivity contribution in [3.63, 3.8) is 0 Å². The van der Waals surface area contributed by atoms with Crippen LogP contribution >= 0.6 is 11.6 Å². The van der Waals surface area contributed by atoms with Crippen LogP contribution in [0.25, 0.3) is 0 Å². The normalized spacial score (nSPS) is 13.1. The number of nitro benzene ring substituents is 1. The molecule has 3 amide bonds. The van der Waals surface area contributed by atoms with Crippen LogP contribution in [-0.4, -0.2) is 37.3 Å². The standard InChI is InChI=1S/C22H14ClN3O7S/c1-34(32,33)15-9-12(8-14(11-15)26(30)31)20(27)24-13-6-7-19(18(23)10-13)25-21(28)16-4-2-3-5-17(16)22(25)29/h2-11H,1H3,(H,24,27). The highest BCUT2D eigenvalue weighted by atomic mass is 35.5. The highest BCUT2D eigenvalue weighted by molar-refractivity contribution is 7.90. The first kappa shape index (κ1) is 23.1. The van der Waals surface area contributed by atoms with Gasteiger partial charge < -0.3 is 5.32 Å². The monoisotopic (exact) mass is 499 g/mol. The molecular formula is C22H14ClN3O7S. The van der Waals surface area contributed by atoms with Crippen molar-refractivity contribution in [2.24, 2.45) is 0 Å². The summed E-state index contributed by atoms with van der Waals surface area (Å²) < 4.78 is 23.7. The topological polar surface area (TPSA) is 144 Å². The van der Waals surface area contributed by atoms with Crippen LogP contribution in [0.3, 0.4) is 0 Å². The number of rotatable bonds is 5. The molecule has 0 bridgehead atoms. The summed E-state index contributed by atoms with van der Waals surface area (Å²) in [6, 6.07) is 13.2. The lowest BCUT2D eigenvalue weighted by Crippen LogP contribution is -2.29. The van der Waals surface area contributed by atoms with E-state index < -0.39 is 38.2 Å². The van der Waals surface area contributed by atoms with E-state index in [1.165, 1.54) is 30.3 Å². The van der Waals surface area contributed by atoms with E-state index in [4.69, 9.17) is 11.6 Å². The molecular weight excluding hydrogens is 486 g/mol. The van der Waals surface area contributed by atoms with Gasteiger partial charge in [-0.1, -0.05) is 23.7 Å². The van der Waals surface area contributed by atoms with Gasteiger partial charge in [0.25, 0.3) is 23.4 Å². The fourth-order valence-electron chi connectivity index (χ4n) is 3.41. The molecule has 0 saturated heterocycles. The maximum Gasteiger partial charge on any atom is 0.271 e. The maximum atomic E-state index is 12.7. The van der Waals surface area contributed by atoms with Gasteiger partial charge in [0, 0.05) is 29.6 Å². The molecule has 10 nitrogen and oxygen atoms in total. The molecule has 1 heterocycles. The summed E-state index contributed by atoms with van der Waals surface area (Å²) in [5.74, 6) is -1.90. The quantitative estimate of drug-likeness (QED) is 0.320. The van der Waals surface area contributed by atoms with Crippen LogP contribution in [0.5, 0.6) is 0 Å². The molecule has 4 rings (SSSR count). The number of amides is 3. The van der Waals surface area contributed by atoms with Crippen molar-refractivity contribution in [1.29, 1.82) is 0 Å². The first-order chi connectivity index (χ1) is 16.0. The minimum atomic E-state index is -3.82. The molecule has 3 aromatic carbocycles. The second kappa shape index (κ2) is 8.36. The minimum absolute atomic E-state index is 0.0110. The van der Waals surface area contributed by atoms with Crippen molar-refractivity contribution in [1.82, 2.24) is 0 Å². The molecule has 0 spiro atoms. The molecule has 0 fully saturated rings. The van der Waals surface area contributed by atoms with E-state index in [1.807, 2.05) is 0 Å². The third-order valence-electron chi connectivity index (χ3n) is 5.03. The number of nitro groups is 1. The number of anilines is 2. The fourth-order valence-corrected chi connectivity index (χ4v) is 4.35. The van der Waals surface area contributed by atoms with E-state index in [9.17, 15) is 32.9 Å². The Bertz CT molecular complexity index is 1480. The maximum absolute atomic E-state index is 12.7. The Labute approximate surface area is 197 Å². The van der Waals surface area contributed by atoms with Gasteiger partial charge in [0.1, 0.15) is 0 Å². The van der Waals surface area contributed by atoms with Crippen molar-refractivity contribution < 1.29 is 27.7 Å². The smallest absolute Gasteiger partial charge is 0.271 e. The van der Waals surface area contributed by atoms with E-state index in [0.29, 0.717) is 0 Å². The molecule has 0 saturated carbocycles. The summed E-state index contributed by atoms with van der Waals surface area (Å²) >= 11 is 6.30. The second-order valence-corrected chi connectivity index (χ2v) is 9.78. The fraction of sp³-hybridized carbons (Fsp3) is 0.0455. The predicted molar refractivity (Wildman–Crippen MR) is 123 cm³/mol. The number of hydrogen-bond acceptors (Lipinski definition) is 7. The van der Waals surface area contributed by atoms with E-state index in [-0.39, 0.29) is 38.0 Å². The Morgan fingerprint density at radius 1 is 1.00 bits per heavy atom. The van der Waals surface area contributed by atoms with Crippen LogP contribution in [0.4, 0.5) is 17.1 Å². The zero-order chi connectivity index (χ0) is 24.8. The number of nitrogens with one attached hydrogen (secondary N) is 1. The summed E-state index contributed by atoms with van der Waals surface area (Å²) in [5, 5.41) is 13.6. The van der Waals surface area contributed by atoms with E-state index in [1.54, 1.807) is 12.1 Å². The van der Waals surface area contributed by atoms with Gasteiger partial charge in [0.05, 0.1) is 31.7 Å². The number of hydrogen-bond donors (Lipinski definition) is 1. The highest BCUT2D eigenvalue weighted by Gasteiger charge is 2.37. The number of non-ortho nitro benzene ring substituents is 1. The van der Waals surface area contributed by atoms with Crippen molar-refractivity contribution in [2.45, 2.75) is 4.90 Å². The van der Waals surface area contributed by atoms with E-state index in [2.05, 4.69) is 5.32 Å². The van der Waals surface area contributed by atoms with Gasteiger partial charge in [-0.15, -0.1) is 0 Å². The molecule has 34 heavy (non-hydrogen) atoms. The Morgan fingerprint density at radius 3 is 2.15 bits per heavy atom. The molecule has 0 aliphatic carbocycles. The second-order valence-electron chi connectivity index (χ2n) is 7.36. The number of carbonyl (C=O) groups excluding carboxylic acids is 3. The largest absolute Gasteiger partial charge is 0.322 e. The summed E-state index contributed by atoms with van der Waals surface area (Å²) in [4.78, 5) is 48.9. The third kappa shape index (κ3) is 4.14. The zero-order valence-corrected chi connectivity index (χ0v) is 18.9. The van der Waals surface area contributed by atoms with Gasteiger partial charge >= 0.3 is 0 Å². The van der Waals surface area contributed by atoms with Crippen LogP contribution in [0.1, 0.15) is 31.1 Å². The minimum Gasteiger partial charge on any atom is -0.322 e. The van der Waals surface area contributed by atoms with Gasteiger partial charge in [-0.3, -0.25) is 24.5 Å². The molecule has 0 atom stereocenters. The lowest BCUT2D eigenvalue weighted by molar-refractivity contribution is -0.385. The number of nitrogens with zero attached hydrogens (tertiary/aromatic N) is 2. The van der Waals surface area contributed by atoms with Crippen LogP contribution in [0.2, 0.25) is 5.02 Å². The van der Waals surface area contributed by atoms with Gasteiger partial charge in [-0.2, -0.15) is 0 Å². The summed E-state index contributed by atoms with van der Waals surface area (Å²) in [6.45, 7) is 0. The van der Waals surface area contributed by atoms with Crippen LogP contribution in [0.15, 0.2) is 65.6 Å². The Kier molecular flexibility index (Phi) is 5.67.